The van der Waals surface area contributed by atoms with Gasteiger partial charge in [0, 0.05) is 10.5 Å². The number of rotatable bonds is 5. The maximum absolute atomic E-state index is 13.4. The number of aliphatic hydroxyl groups excluding tert-OH is 1. The number of nitrogens with zero attached hydrogens (tertiary/aromatic N) is 1. The van der Waals surface area contributed by atoms with Gasteiger partial charge in [-0.1, -0.05) is 58.4 Å². The van der Waals surface area contributed by atoms with Crippen LogP contribution in [0.5, 0.6) is 0 Å². The summed E-state index contributed by atoms with van der Waals surface area (Å²) in [6.45, 7) is 1.40. The van der Waals surface area contributed by atoms with Gasteiger partial charge in [-0.05, 0) is 30.2 Å². The van der Waals surface area contributed by atoms with Crippen LogP contribution in [0.4, 0.5) is 0 Å². The predicted octanol–water partition coefficient (Wildman–Crippen LogP) is 2.10. The van der Waals surface area contributed by atoms with Gasteiger partial charge >= 0.3 is 5.97 Å². The number of fused-ring (bicyclic) bond motifs is 1. The van der Waals surface area contributed by atoms with E-state index in [4.69, 9.17) is 0 Å². The third-order valence-corrected chi connectivity index (χ3v) is 6.64. The standard InChI is InChI=1S/C22H21BrN2O5/c1-12(26)22(21(29)30)17-16(18(24-22)14-7-9-15(23)10-8-14)19(27)25(20(17)28)11-13-5-3-2-4-6-13/h2-10,12,16-18,24,26H,11H2,1H3,(H,29,30). The molecule has 5 unspecified atom stereocenters. The van der Waals surface area contributed by atoms with Crippen LogP contribution < -0.4 is 5.32 Å². The summed E-state index contributed by atoms with van der Waals surface area (Å²) in [5.41, 5.74) is -0.509. The molecule has 7 nitrogen and oxygen atoms in total. The van der Waals surface area contributed by atoms with Crippen LogP contribution >= 0.6 is 15.9 Å². The molecule has 8 heteroatoms. The van der Waals surface area contributed by atoms with Crippen LogP contribution in [0.3, 0.4) is 0 Å². The van der Waals surface area contributed by atoms with Crippen LogP contribution in [-0.4, -0.2) is 44.5 Å². The van der Waals surface area contributed by atoms with Crippen LogP contribution in [0, 0.1) is 11.8 Å². The molecular weight excluding hydrogens is 452 g/mol. The maximum Gasteiger partial charge on any atom is 0.327 e. The molecule has 3 N–H and O–H groups in total. The number of hydrogen-bond donors (Lipinski definition) is 3. The number of benzene rings is 2. The van der Waals surface area contributed by atoms with Crippen molar-refractivity contribution in [3.8, 4) is 0 Å². The van der Waals surface area contributed by atoms with E-state index in [1.165, 1.54) is 6.92 Å². The van der Waals surface area contributed by atoms with Gasteiger partial charge in [0.15, 0.2) is 5.54 Å². The summed E-state index contributed by atoms with van der Waals surface area (Å²) in [4.78, 5) is 40.2. The molecule has 0 radical (unpaired) electrons. The molecule has 2 heterocycles. The molecule has 0 aliphatic carbocycles. The highest BCUT2D eigenvalue weighted by molar-refractivity contribution is 9.10. The average molecular weight is 473 g/mol. The normalized spacial score (nSPS) is 29.2. The van der Waals surface area contributed by atoms with Crippen molar-refractivity contribution >= 4 is 33.7 Å². The minimum absolute atomic E-state index is 0.0636. The lowest BCUT2D eigenvalue weighted by Crippen LogP contribution is -2.62. The number of nitrogens with one attached hydrogen (secondary N) is 1. The summed E-state index contributed by atoms with van der Waals surface area (Å²) in [5, 5.41) is 23.5. The molecule has 2 saturated heterocycles. The fraction of sp³-hybridized carbons (Fsp3) is 0.318. The molecule has 2 amide bonds. The summed E-state index contributed by atoms with van der Waals surface area (Å²) >= 11 is 3.36. The first-order chi connectivity index (χ1) is 14.3. The lowest BCUT2D eigenvalue weighted by atomic mass is 9.76. The molecule has 0 aromatic heterocycles. The zero-order valence-electron chi connectivity index (χ0n) is 16.2. The summed E-state index contributed by atoms with van der Waals surface area (Å²) < 4.78 is 0.834. The molecule has 2 aliphatic heterocycles. The molecule has 4 rings (SSSR count). The topological polar surface area (TPSA) is 107 Å². The highest BCUT2D eigenvalue weighted by Gasteiger charge is 2.70. The second-order valence-electron chi connectivity index (χ2n) is 7.78. The van der Waals surface area contributed by atoms with E-state index in [9.17, 15) is 24.6 Å². The van der Waals surface area contributed by atoms with E-state index < -0.39 is 47.3 Å². The maximum atomic E-state index is 13.4. The Kier molecular flexibility index (Phi) is 5.25. The summed E-state index contributed by atoms with van der Waals surface area (Å²) in [6, 6.07) is 15.5. The summed E-state index contributed by atoms with van der Waals surface area (Å²) in [6.07, 6.45) is -1.39. The van der Waals surface area contributed by atoms with Crippen molar-refractivity contribution in [2.75, 3.05) is 0 Å². The molecule has 2 aromatic rings. The Morgan fingerprint density at radius 2 is 1.77 bits per heavy atom. The first-order valence-electron chi connectivity index (χ1n) is 9.61. The van der Waals surface area contributed by atoms with Gasteiger partial charge in [-0.3, -0.25) is 24.6 Å². The number of carboxylic acids is 1. The van der Waals surface area contributed by atoms with Crippen LogP contribution in [-0.2, 0) is 20.9 Å². The predicted molar refractivity (Wildman–Crippen MR) is 111 cm³/mol. The molecule has 0 saturated carbocycles. The second-order valence-corrected chi connectivity index (χ2v) is 8.69. The van der Waals surface area contributed by atoms with Gasteiger partial charge in [-0.2, -0.15) is 0 Å². The smallest absolute Gasteiger partial charge is 0.327 e. The first-order valence-corrected chi connectivity index (χ1v) is 10.4. The van der Waals surface area contributed by atoms with Crippen molar-refractivity contribution in [1.82, 2.24) is 10.2 Å². The molecule has 156 valence electrons. The first kappa shape index (κ1) is 20.7. The van der Waals surface area contributed by atoms with Gasteiger partial charge in [0.2, 0.25) is 11.8 Å². The van der Waals surface area contributed by atoms with E-state index in [2.05, 4.69) is 21.2 Å². The van der Waals surface area contributed by atoms with Crippen LogP contribution in [0.2, 0.25) is 0 Å². The van der Waals surface area contributed by atoms with Crippen LogP contribution in [0.1, 0.15) is 24.1 Å². The largest absolute Gasteiger partial charge is 0.480 e. The number of amides is 2. The Balaban J connectivity index is 1.80. The van der Waals surface area contributed by atoms with E-state index in [1.807, 2.05) is 18.2 Å². The zero-order chi connectivity index (χ0) is 21.6. The summed E-state index contributed by atoms with van der Waals surface area (Å²) in [7, 11) is 0. The number of halogens is 1. The fourth-order valence-corrected chi connectivity index (χ4v) is 4.90. The van der Waals surface area contributed by atoms with E-state index in [0.29, 0.717) is 5.56 Å². The van der Waals surface area contributed by atoms with Gasteiger partial charge in [-0.25, -0.2) is 0 Å². The Labute approximate surface area is 181 Å². The van der Waals surface area contributed by atoms with Gasteiger partial charge in [0.1, 0.15) is 0 Å². The number of hydrogen-bond acceptors (Lipinski definition) is 5. The number of aliphatic hydroxyl groups is 1. The molecular formula is C22H21BrN2O5. The lowest BCUT2D eigenvalue weighted by molar-refractivity contribution is -0.157. The molecule has 2 aliphatic rings. The van der Waals surface area contributed by atoms with Crippen molar-refractivity contribution in [2.45, 2.75) is 31.2 Å². The minimum atomic E-state index is -1.96. The van der Waals surface area contributed by atoms with Crippen molar-refractivity contribution in [3.63, 3.8) is 0 Å². The minimum Gasteiger partial charge on any atom is -0.480 e. The van der Waals surface area contributed by atoms with E-state index in [0.717, 1.165) is 14.9 Å². The Morgan fingerprint density at radius 3 is 2.33 bits per heavy atom. The SMILES string of the molecule is CC(O)C1(C(=O)O)NC(c2ccc(Br)cc2)C2C(=O)N(Cc3ccccc3)C(=O)C21. The molecule has 2 aromatic carbocycles. The van der Waals surface area contributed by atoms with E-state index in [1.54, 1.807) is 36.4 Å². The number of imide groups is 1. The van der Waals surface area contributed by atoms with Crippen molar-refractivity contribution in [2.24, 2.45) is 11.8 Å². The quantitative estimate of drug-likeness (QED) is 0.575. The van der Waals surface area contributed by atoms with E-state index in [-0.39, 0.29) is 6.54 Å². The van der Waals surface area contributed by atoms with Crippen LogP contribution in [0.15, 0.2) is 59.1 Å². The Hall–Kier alpha value is -2.55. The Morgan fingerprint density at radius 1 is 1.13 bits per heavy atom. The van der Waals surface area contributed by atoms with Crippen molar-refractivity contribution < 1.29 is 24.6 Å². The highest BCUT2D eigenvalue weighted by Crippen LogP contribution is 2.50. The molecule has 5 atom stereocenters. The molecule has 0 bridgehead atoms. The summed E-state index contributed by atoms with van der Waals surface area (Å²) in [5.74, 6) is -4.50. The van der Waals surface area contributed by atoms with Gasteiger partial charge in [0.05, 0.1) is 24.5 Å². The van der Waals surface area contributed by atoms with Gasteiger partial charge in [-0.15, -0.1) is 0 Å². The molecule has 0 spiro atoms. The molecule has 30 heavy (non-hydrogen) atoms. The Bertz CT molecular complexity index is 994. The van der Waals surface area contributed by atoms with Gasteiger partial charge < -0.3 is 10.2 Å². The van der Waals surface area contributed by atoms with Crippen LogP contribution in [0.25, 0.3) is 0 Å². The average Bonchev–Trinajstić information content (AvgIpc) is 3.20. The number of carboxylic acid groups (broad SMARTS) is 1. The number of carbonyl (C=O) groups is 3. The van der Waals surface area contributed by atoms with Crippen molar-refractivity contribution in [1.29, 1.82) is 0 Å². The zero-order valence-corrected chi connectivity index (χ0v) is 17.7. The van der Waals surface area contributed by atoms with Crippen molar-refractivity contribution in [3.05, 3.63) is 70.2 Å². The third-order valence-electron chi connectivity index (χ3n) is 6.11. The monoisotopic (exact) mass is 472 g/mol. The number of likely N-dealkylation sites (tertiary alicyclic amines) is 1. The van der Waals surface area contributed by atoms with E-state index >= 15 is 0 Å². The lowest BCUT2D eigenvalue weighted by Gasteiger charge is -2.33. The highest BCUT2D eigenvalue weighted by atomic mass is 79.9. The number of aliphatic carboxylic acids is 1. The second kappa shape index (κ2) is 7.61. The fourth-order valence-electron chi connectivity index (χ4n) is 4.64. The van der Waals surface area contributed by atoms with Gasteiger partial charge in [0.25, 0.3) is 0 Å². The third kappa shape index (κ3) is 3.07. The number of carbonyl (C=O) groups excluding carboxylic acids is 2. The molecule has 2 fully saturated rings.